The molecule has 3 aromatic heterocycles. The monoisotopic (exact) mass is 469 g/mol. The van der Waals surface area contributed by atoms with E-state index in [0.717, 1.165) is 17.2 Å². The summed E-state index contributed by atoms with van der Waals surface area (Å²) in [6, 6.07) is 11.1. The van der Waals surface area contributed by atoms with Gasteiger partial charge in [-0.25, -0.2) is 18.2 Å². The Morgan fingerprint density at radius 2 is 1.76 bits per heavy atom. The van der Waals surface area contributed by atoms with Gasteiger partial charge in [-0.2, -0.15) is 5.10 Å². The smallest absolute Gasteiger partial charge is 0.258 e. The molecule has 0 saturated heterocycles. The van der Waals surface area contributed by atoms with Gasteiger partial charge < -0.3 is 5.32 Å². The highest BCUT2D eigenvalue weighted by atomic mass is 35.5. The minimum atomic E-state index is -1.21. The van der Waals surface area contributed by atoms with Gasteiger partial charge in [0.2, 0.25) is 0 Å². The largest absolute Gasteiger partial charge is 0.319 e. The summed E-state index contributed by atoms with van der Waals surface area (Å²) in [4.78, 5) is 16.8. The van der Waals surface area contributed by atoms with Crippen LogP contribution in [0.25, 0.3) is 28.0 Å². The predicted molar refractivity (Wildman–Crippen MR) is 120 cm³/mol. The molecule has 0 bridgehead atoms. The Bertz CT molecular complexity index is 1470. The van der Waals surface area contributed by atoms with E-state index < -0.39 is 23.4 Å². The van der Waals surface area contributed by atoms with E-state index in [1.54, 1.807) is 29.1 Å². The van der Waals surface area contributed by atoms with Crippen LogP contribution < -0.4 is 5.32 Å². The molecule has 0 radical (unpaired) electrons. The number of carbonyl (C=O) groups is 1. The van der Waals surface area contributed by atoms with E-state index in [4.69, 9.17) is 0 Å². The summed E-state index contributed by atoms with van der Waals surface area (Å²) < 4.78 is 43.8. The van der Waals surface area contributed by atoms with Gasteiger partial charge in [0.1, 0.15) is 11.5 Å². The number of rotatable bonds is 4. The molecular formula is C23H15ClF3N5O. The molecule has 2 aromatic carbocycles. The van der Waals surface area contributed by atoms with Gasteiger partial charge in [0.15, 0.2) is 11.6 Å². The molecule has 5 aromatic rings. The fourth-order valence-corrected chi connectivity index (χ4v) is 3.42. The molecule has 0 aliphatic heterocycles. The van der Waals surface area contributed by atoms with Crippen molar-refractivity contribution in [2.45, 2.75) is 0 Å². The van der Waals surface area contributed by atoms with Crippen molar-refractivity contribution in [3.8, 4) is 22.4 Å². The van der Waals surface area contributed by atoms with Crippen molar-refractivity contribution in [3.63, 3.8) is 0 Å². The van der Waals surface area contributed by atoms with Crippen molar-refractivity contribution < 1.29 is 18.0 Å². The highest BCUT2D eigenvalue weighted by Gasteiger charge is 2.17. The molecule has 0 fully saturated rings. The molecule has 1 amide bonds. The number of H-pyrrole nitrogens is 1. The van der Waals surface area contributed by atoms with Crippen molar-refractivity contribution in [2.24, 2.45) is 0 Å². The standard InChI is InChI=1S/C23H14F3N5O.ClH/c24-17-2-1-3-19(22(17)26)30-23(32)16-6-4-13(8-18(16)25)20-11-27-21-7-5-14(12-31(20)21)15-9-28-29-10-15;/h1-12H,(H,28,29)(H,30,32);1H. The van der Waals surface area contributed by atoms with Crippen molar-refractivity contribution in [1.82, 2.24) is 19.6 Å². The Balaban J connectivity index is 0.00000259. The number of aromatic amines is 1. The average molecular weight is 470 g/mol. The lowest BCUT2D eigenvalue weighted by Gasteiger charge is -2.09. The van der Waals surface area contributed by atoms with E-state index >= 15 is 0 Å². The molecule has 10 heteroatoms. The van der Waals surface area contributed by atoms with Crippen molar-refractivity contribution in [3.05, 3.63) is 96.3 Å². The Hall–Kier alpha value is -4.11. The summed E-state index contributed by atoms with van der Waals surface area (Å²) in [5, 5.41) is 8.90. The molecule has 0 spiro atoms. The molecule has 6 nitrogen and oxygen atoms in total. The van der Waals surface area contributed by atoms with E-state index in [1.165, 1.54) is 24.3 Å². The third-order valence-corrected chi connectivity index (χ3v) is 5.05. The maximum absolute atomic E-state index is 14.8. The van der Waals surface area contributed by atoms with Gasteiger partial charge in [0.25, 0.3) is 5.91 Å². The lowest BCUT2D eigenvalue weighted by molar-refractivity contribution is 0.102. The Morgan fingerprint density at radius 3 is 2.52 bits per heavy atom. The van der Waals surface area contributed by atoms with Gasteiger partial charge in [0, 0.05) is 29.1 Å². The molecule has 0 unspecified atom stereocenters. The van der Waals surface area contributed by atoms with Crippen LogP contribution in [-0.4, -0.2) is 25.5 Å². The van der Waals surface area contributed by atoms with E-state index in [0.29, 0.717) is 16.9 Å². The van der Waals surface area contributed by atoms with Crippen LogP contribution in [0.15, 0.2) is 73.3 Å². The number of imidazole rings is 1. The second-order valence-corrected chi connectivity index (χ2v) is 7.03. The number of carbonyl (C=O) groups excluding carboxylic acids is 1. The third kappa shape index (κ3) is 4.06. The van der Waals surface area contributed by atoms with Crippen LogP contribution in [0, 0.1) is 17.5 Å². The number of nitrogens with one attached hydrogen (secondary N) is 2. The molecule has 166 valence electrons. The number of pyridine rings is 1. The van der Waals surface area contributed by atoms with Crippen LogP contribution in [-0.2, 0) is 0 Å². The topological polar surface area (TPSA) is 75.1 Å². The second-order valence-electron chi connectivity index (χ2n) is 7.03. The molecule has 3 heterocycles. The first-order chi connectivity index (χ1) is 15.5. The van der Waals surface area contributed by atoms with Gasteiger partial charge in [-0.1, -0.05) is 12.1 Å². The summed E-state index contributed by atoms with van der Waals surface area (Å²) in [5.74, 6) is -4.02. The molecule has 0 atom stereocenters. The summed E-state index contributed by atoms with van der Waals surface area (Å²) in [6.45, 7) is 0. The zero-order valence-corrected chi connectivity index (χ0v) is 17.5. The number of anilines is 1. The van der Waals surface area contributed by atoms with Crippen molar-refractivity contribution in [1.29, 1.82) is 0 Å². The normalized spacial score (nSPS) is 10.8. The first kappa shape index (κ1) is 22.1. The molecule has 2 N–H and O–H groups in total. The molecular weight excluding hydrogens is 455 g/mol. The lowest BCUT2D eigenvalue weighted by atomic mass is 10.1. The number of halogens is 4. The number of fused-ring (bicyclic) bond motifs is 1. The third-order valence-electron chi connectivity index (χ3n) is 5.05. The fraction of sp³-hybridized carbons (Fsp3) is 0. The summed E-state index contributed by atoms with van der Waals surface area (Å²) in [6.07, 6.45) is 6.90. The van der Waals surface area contributed by atoms with Crippen LogP contribution >= 0.6 is 12.4 Å². The van der Waals surface area contributed by atoms with E-state index in [2.05, 4.69) is 20.5 Å². The highest BCUT2D eigenvalue weighted by Crippen LogP contribution is 2.27. The summed E-state index contributed by atoms with van der Waals surface area (Å²) in [5.41, 5.74) is 2.88. The Labute approximate surface area is 191 Å². The van der Waals surface area contributed by atoms with Crippen molar-refractivity contribution in [2.75, 3.05) is 5.32 Å². The Kier molecular flexibility index (Phi) is 5.89. The number of hydrogen-bond acceptors (Lipinski definition) is 3. The van der Waals surface area contributed by atoms with E-state index in [-0.39, 0.29) is 23.7 Å². The van der Waals surface area contributed by atoms with E-state index in [1.807, 2.05) is 18.3 Å². The van der Waals surface area contributed by atoms with E-state index in [9.17, 15) is 18.0 Å². The zero-order valence-electron chi connectivity index (χ0n) is 16.7. The van der Waals surface area contributed by atoms with Gasteiger partial charge in [-0.15, -0.1) is 12.4 Å². The Morgan fingerprint density at radius 1 is 0.939 bits per heavy atom. The average Bonchev–Trinajstić information content (AvgIpc) is 3.46. The molecule has 5 rings (SSSR count). The number of hydrogen-bond donors (Lipinski definition) is 2. The van der Waals surface area contributed by atoms with Gasteiger partial charge in [-0.05, 0) is 36.4 Å². The molecule has 33 heavy (non-hydrogen) atoms. The first-order valence-electron chi connectivity index (χ1n) is 9.53. The maximum atomic E-state index is 14.8. The highest BCUT2D eigenvalue weighted by molar-refractivity contribution is 6.04. The number of benzene rings is 2. The molecule has 0 aliphatic carbocycles. The van der Waals surface area contributed by atoms with Gasteiger partial charge in [-0.3, -0.25) is 14.3 Å². The molecule has 0 saturated carbocycles. The van der Waals surface area contributed by atoms with Crippen LogP contribution in [0.3, 0.4) is 0 Å². The quantitative estimate of drug-likeness (QED) is 0.366. The fourth-order valence-electron chi connectivity index (χ4n) is 3.42. The SMILES string of the molecule is Cl.O=C(Nc1cccc(F)c1F)c1ccc(-c2cnc3ccc(-c4cn[nH]c4)cn23)cc1F. The number of nitrogens with zero attached hydrogens (tertiary/aromatic N) is 3. The second kappa shape index (κ2) is 8.79. The summed E-state index contributed by atoms with van der Waals surface area (Å²) >= 11 is 0. The summed E-state index contributed by atoms with van der Waals surface area (Å²) in [7, 11) is 0. The van der Waals surface area contributed by atoms with Crippen LogP contribution in [0.5, 0.6) is 0 Å². The van der Waals surface area contributed by atoms with Gasteiger partial charge >= 0.3 is 0 Å². The zero-order chi connectivity index (χ0) is 22.2. The first-order valence-corrected chi connectivity index (χ1v) is 9.53. The van der Waals surface area contributed by atoms with Crippen LogP contribution in [0.4, 0.5) is 18.9 Å². The number of aromatic nitrogens is 4. The lowest BCUT2D eigenvalue weighted by Crippen LogP contribution is -2.15. The minimum absolute atomic E-state index is 0. The van der Waals surface area contributed by atoms with Crippen LogP contribution in [0.2, 0.25) is 0 Å². The van der Waals surface area contributed by atoms with Gasteiger partial charge in [0.05, 0.1) is 29.3 Å². The van der Waals surface area contributed by atoms with Crippen molar-refractivity contribution >= 4 is 29.6 Å². The predicted octanol–water partition coefficient (Wildman–Crippen LogP) is 5.48. The minimum Gasteiger partial charge on any atom is -0.319 e. The molecule has 0 aliphatic rings. The van der Waals surface area contributed by atoms with Crippen LogP contribution in [0.1, 0.15) is 10.4 Å². The maximum Gasteiger partial charge on any atom is 0.258 e. The number of amides is 1.